The van der Waals surface area contributed by atoms with Crippen LogP contribution in [-0.4, -0.2) is 45.2 Å². The Labute approximate surface area is 98.4 Å². The van der Waals surface area contributed by atoms with Crippen molar-refractivity contribution in [3.63, 3.8) is 0 Å². The predicted octanol–water partition coefficient (Wildman–Crippen LogP) is 1.35. The molecule has 0 amide bonds. The highest BCUT2D eigenvalue weighted by atomic mass is 16.5. The molecule has 0 fully saturated rings. The van der Waals surface area contributed by atoms with Gasteiger partial charge in [-0.1, -0.05) is 30.3 Å². The molecule has 1 aromatic rings. The number of nitrogens with zero attached hydrogens (tertiary/aromatic N) is 1. The first-order chi connectivity index (χ1) is 7.83. The molecule has 0 bridgehead atoms. The Bertz CT molecular complexity index is 264. The van der Waals surface area contributed by atoms with Gasteiger partial charge in [0.15, 0.2) is 0 Å². The van der Waals surface area contributed by atoms with E-state index in [1.165, 1.54) is 5.56 Å². The maximum atomic E-state index is 5.61. The molecule has 0 saturated heterocycles. The number of rotatable bonds is 8. The minimum absolute atomic E-state index is 0.709. The first-order valence-electron chi connectivity index (χ1n) is 5.77. The van der Waals surface area contributed by atoms with E-state index in [2.05, 4.69) is 29.4 Å². The molecule has 16 heavy (non-hydrogen) atoms. The molecule has 1 N–H and O–H groups in total. The molecule has 0 aromatic heterocycles. The summed E-state index contributed by atoms with van der Waals surface area (Å²) in [6.07, 6.45) is 0. The number of hydrogen-bond acceptors (Lipinski definition) is 3. The van der Waals surface area contributed by atoms with E-state index in [0.29, 0.717) is 6.61 Å². The Morgan fingerprint density at radius 3 is 2.62 bits per heavy atom. The molecule has 0 aliphatic rings. The maximum absolute atomic E-state index is 5.61. The SMILES string of the molecule is CNCCN(C)CCOCc1ccccc1. The number of ether oxygens (including phenoxy) is 1. The fourth-order valence-corrected chi connectivity index (χ4v) is 1.40. The molecular weight excluding hydrogens is 200 g/mol. The minimum Gasteiger partial charge on any atom is -0.375 e. The summed E-state index contributed by atoms with van der Waals surface area (Å²) in [5, 5.41) is 3.13. The second-order valence-corrected chi connectivity index (χ2v) is 3.95. The summed E-state index contributed by atoms with van der Waals surface area (Å²) in [4.78, 5) is 2.27. The highest BCUT2D eigenvalue weighted by Crippen LogP contribution is 2.00. The average Bonchev–Trinajstić information content (AvgIpc) is 2.33. The van der Waals surface area contributed by atoms with E-state index in [0.717, 1.165) is 26.2 Å². The Balaban J connectivity index is 2.03. The molecule has 0 unspecified atom stereocenters. The normalized spacial score (nSPS) is 10.9. The van der Waals surface area contributed by atoms with Crippen LogP contribution in [0.3, 0.4) is 0 Å². The van der Waals surface area contributed by atoms with Crippen LogP contribution < -0.4 is 5.32 Å². The number of likely N-dealkylation sites (N-methyl/N-ethyl adjacent to an activating group) is 2. The number of nitrogens with one attached hydrogen (secondary N) is 1. The highest BCUT2D eigenvalue weighted by molar-refractivity contribution is 5.13. The number of hydrogen-bond donors (Lipinski definition) is 1. The van der Waals surface area contributed by atoms with Crippen molar-refractivity contribution < 1.29 is 4.74 Å². The first kappa shape index (κ1) is 13.2. The van der Waals surface area contributed by atoms with E-state index in [-0.39, 0.29) is 0 Å². The predicted molar refractivity (Wildman–Crippen MR) is 67.5 cm³/mol. The van der Waals surface area contributed by atoms with Gasteiger partial charge in [0.25, 0.3) is 0 Å². The summed E-state index contributed by atoms with van der Waals surface area (Å²) in [7, 11) is 4.09. The standard InChI is InChI=1S/C13H22N2O/c1-14-8-9-15(2)10-11-16-12-13-6-4-3-5-7-13/h3-7,14H,8-12H2,1-2H3. The van der Waals surface area contributed by atoms with E-state index in [9.17, 15) is 0 Å². The fourth-order valence-electron chi connectivity index (χ4n) is 1.40. The minimum atomic E-state index is 0.709. The van der Waals surface area contributed by atoms with Crippen LogP contribution in [0.4, 0.5) is 0 Å². The van der Waals surface area contributed by atoms with Crippen molar-refractivity contribution in [1.29, 1.82) is 0 Å². The van der Waals surface area contributed by atoms with E-state index >= 15 is 0 Å². The van der Waals surface area contributed by atoms with Crippen LogP contribution in [0.15, 0.2) is 30.3 Å². The van der Waals surface area contributed by atoms with Gasteiger partial charge in [0.1, 0.15) is 0 Å². The van der Waals surface area contributed by atoms with Gasteiger partial charge in [0.2, 0.25) is 0 Å². The maximum Gasteiger partial charge on any atom is 0.0717 e. The topological polar surface area (TPSA) is 24.5 Å². The first-order valence-corrected chi connectivity index (χ1v) is 5.77. The van der Waals surface area contributed by atoms with Crippen LogP contribution in [-0.2, 0) is 11.3 Å². The van der Waals surface area contributed by atoms with Crippen LogP contribution >= 0.6 is 0 Å². The van der Waals surface area contributed by atoms with Crippen molar-refractivity contribution >= 4 is 0 Å². The molecule has 0 heterocycles. The van der Waals surface area contributed by atoms with Gasteiger partial charge in [-0.05, 0) is 19.7 Å². The van der Waals surface area contributed by atoms with Crippen LogP contribution in [0.5, 0.6) is 0 Å². The van der Waals surface area contributed by atoms with Crippen molar-refractivity contribution in [2.45, 2.75) is 6.61 Å². The van der Waals surface area contributed by atoms with Gasteiger partial charge in [-0.2, -0.15) is 0 Å². The van der Waals surface area contributed by atoms with Gasteiger partial charge >= 0.3 is 0 Å². The van der Waals surface area contributed by atoms with E-state index in [1.807, 2.05) is 25.2 Å². The van der Waals surface area contributed by atoms with E-state index in [4.69, 9.17) is 4.74 Å². The molecule has 0 saturated carbocycles. The Morgan fingerprint density at radius 1 is 1.19 bits per heavy atom. The van der Waals surface area contributed by atoms with Crippen molar-refractivity contribution in [3.05, 3.63) is 35.9 Å². The van der Waals surface area contributed by atoms with Gasteiger partial charge in [0, 0.05) is 19.6 Å². The van der Waals surface area contributed by atoms with Gasteiger partial charge in [-0.3, -0.25) is 0 Å². The molecule has 0 radical (unpaired) electrons. The zero-order valence-corrected chi connectivity index (χ0v) is 10.3. The quantitative estimate of drug-likeness (QED) is 0.672. The zero-order valence-electron chi connectivity index (χ0n) is 10.3. The monoisotopic (exact) mass is 222 g/mol. The van der Waals surface area contributed by atoms with Gasteiger partial charge < -0.3 is 15.0 Å². The Morgan fingerprint density at radius 2 is 1.94 bits per heavy atom. The molecule has 3 nitrogen and oxygen atoms in total. The van der Waals surface area contributed by atoms with E-state index < -0.39 is 0 Å². The lowest BCUT2D eigenvalue weighted by Crippen LogP contribution is -2.30. The summed E-state index contributed by atoms with van der Waals surface area (Å²) in [6.45, 7) is 4.56. The fraction of sp³-hybridized carbons (Fsp3) is 0.538. The Kier molecular flexibility index (Phi) is 6.81. The Hall–Kier alpha value is -0.900. The smallest absolute Gasteiger partial charge is 0.0717 e. The largest absolute Gasteiger partial charge is 0.375 e. The van der Waals surface area contributed by atoms with Crippen molar-refractivity contribution in [1.82, 2.24) is 10.2 Å². The number of benzene rings is 1. The third-order valence-corrected chi connectivity index (χ3v) is 2.47. The zero-order chi connectivity index (χ0) is 11.6. The van der Waals surface area contributed by atoms with Crippen molar-refractivity contribution in [2.24, 2.45) is 0 Å². The summed E-state index contributed by atoms with van der Waals surface area (Å²) < 4.78 is 5.61. The van der Waals surface area contributed by atoms with E-state index in [1.54, 1.807) is 0 Å². The second kappa shape index (κ2) is 8.28. The van der Waals surface area contributed by atoms with Crippen LogP contribution in [0.1, 0.15) is 5.56 Å². The summed E-state index contributed by atoms with van der Waals surface area (Å²) in [6, 6.07) is 10.3. The lowest BCUT2D eigenvalue weighted by atomic mass is 10.2. The highest BCUT2D eigenvalue weighted by Gasteiger charge is 1.97. The van der Waals surface area contributed by atoms with Gasteiger partial charge in [-0.25, -0.2) is 0 Å². The van der Waals surface area contributed by atoms with Crippen molar-refractivity contribution in [2.75, 3.05) is 40.3 Å². The third-order valence-electron chi connectivity index (χ3n) is 2.47. The average molecular weight is 222 g/mol. The molecule has 90 valence electrons. The van der Waals surface area contributed by atoms with Crippen LogP contribution in [0.25, 0.3) is 0 Å². The molecular formula is C13H22N2O. The van der Waals surface area contributed by atoms with Crippen LogP contribution in [0, 0.1) is 0 Å². The van der Waals surface area contributed by atoms with Gasteiger partial charge in [-0.15, -0.1) is 0 Å². The molecule has 1 rings (SSSR count). The van der Waals surface area contributed by atoms with Crippen LogP contribution in [0.2, 0.25) is 0 Å². The summed E-state index contributed by atoms with van der Waals surface area (Å²) in [5.74, 6) is 0. The summed E-state index contributed by atoms with van der Waals surface area (Å²) in [5.41, 5.74) is 1.24. The second-order valence-electron chi connectivity index (χ2n) is 3.95. The third kappa shape index (κ3) is 5.85. The lowest BCUT2D eigenvalue weighted by molar-refractivity contribution is 0.0999. The molecule has 0 spiro atoms. The van der Waals surface area contributed by atoms with Crippen molar-refractivity contribution in [3.8, 4) is 0 Å². The molecule has 3 heteroatoms. The molecule has 0 atom stereocenters. The molecule has 1 aromatic carbocycles. The van der Waals surface area contributed by atoms with Gasteiger partial charge in [0.05, 0.1) is 13.2 Å². The lowest BCUT2D eigenvalue weighted by Gasteiger charge is -2.16. The molecule has 0 aliphatic carbocycles. The molecule has 0 aliphatic heterocycles. The summed E-state index contributed by atoms with van der Waals surface area (Å²) >= 11 is 0.